The fourth-order valence-corrected chi connectivity index (χ4v) is 3.84. The summed E-state index contributed by atoms with van der Waals surface area (Å²) in [5, 5.41) is 13.4. The zero-order chi connectivity index (χ0) is 23.7. The summed E-state index contributed by atoms with van der Waals surface area (Å²) in [6.07, 6.45) is 1.44. The second kappa shape index (κ2) is 8.54. The number of carbonyl (C=O) groups excluding carboxylic acids is 3. The molecule has 33 heavy (non-hydrogen) atoms. The number of rotatable bonds is 5. The number of hydrogen-bond donors (Lipinski definition) is 1. The number of carbonyl (C=O) groups is 3. The first-order chi connectivity index (χ1) is 15.8. The van der Waals surface area contributed by atoms with Gasteiger partial charge in [-0.05, 0) is 43.2 Å². The third kappa shape index (κ3) is 4.16. The maximum absolute atomic E-state index is 13.0. The van der Waals surface area contributed by atoms with Crippen LogP contribution in [0.4, 0.5) is 10.5 Å². The van der Waals surface area contributed by atoms with Gasteiger partial charge in [-0.1, -0.05) is 36.4 Å². The first-order valence-corrected chi connectivity index (χ1v) is 10.1. The number of nitrogens with one attached hydrogen (secondary N) is 1. The Labute approximate surface area is 189 Å². The highest BCUT2D eigenvalue weighted by molar-refractivity contribution is 6.31. The number of aryl methyl sites for hydroxylation is 1. The molecule has 3 aromatic rings. The average molecular weight is 444 g/mol. The smallest absolute Gasteiger partial charge is 0.318 e. The minimum Gasteiger partial charge on any atom is -0.318 e. The summed E-state index contributed by atoms with van der Waals surface area (Å²) in [5.74, 6) is -1.46. The highest BCUT2D eigenvalue weighted by atomic mass is 16.6. The Morgan fingerprint density at radius 2 is 1.73 bits per heavy atom. The Morgan fingerprint density at radius 1 is 1.00 bits per heavy atom. The van der Waals surface area contributed by atoms with E-state index in [9.17, 15) is 24.5 Å². The molecular formula is C24H20N4O5. The average Bonchev–Trinajstić information content (AvgIpc) is 3.07. The standard InChI is InChI=1S/C24H20N4O5/c1-15-11-18(16(2)27(15)19-9-6-10-20(13-19)28(32)33)12-21-22(29)25-24(31)26(23(21)30)14-17-7-4-3-5-8-17/h3-13H,14H2,1-2H3,(H,25,29,31)/b21-12+. The molecule has 0 unspecified atom stereocenters. The first-order valence-electron chi connectivity index (χ1n) is 10.1. The van der Waals surface area contributed by atoms with Crippen LogP contribution in [-0.2, 0) is 16.1 Å². The molecule has 4 rings (SSSR count). The number of barbiturate groups is 1. The third-order valence-corrected chi connectivity index (χ3v) is 5.44. The predicted molar refractivity (Wildman–Crippen MR) is 120 cm³/mol. The van der Waals surface area contributed by atoms with Crippen molar-refractivity contribution in [1.29, 1.82) is 0 Å². The molecule has 2 aromatic carbocycles. The molecule has 1 aliphatic heterocycles. The van der Waals surface area contributed by atoms with Crippen molar-refractivity contribution in [3.63, 3.8) is 0 Å². The topological polar surface area (TPSA) is 115 Å². The van der Waals surface area contributed by atoms with Crippen LogP contribution >= 0.6 is 0 Å². The van der Waals surface area contributed by atoms with Gasteiger partial charge in [-0.15, -0.1) is 0 Å². The molecule has 0 saturated carbocycles. The molecule has 166 valence electrons. The van der Waals surface area contributed by atoms with E-state index in [2.05, 4.69) is 5.32 Å². The van der Waals surface area contributed by atoms with E-state index in [4.69, 9.17) is 0 Å². The summed E-state index contributed by atoms with van der Waals surface area (Å²) in [6, 6.07) is 16.2. The van der Waals surface area contributed by atoms with E-state index >= 15 is 0 Å². The van der Waals surface area contributed by atoms with Crippen molar-refractivity contribution >= 4 is 29.6 Å². The van der Waals surface area contributed by atoms with Gasteiger partial charge in [-0.2, -0.15) is 0 Å². The van der Waals surface area contributed by atoms with E-state index in [1.54, 1.807) is 54.0 Å². The monoisotopic (exact) mass is 444 g/mol. The number of aromatic nitrogens is 1. The first kappa shape index (κ1) is 21.7. The number of imide groups is 2. The normalized spacial score (nSPS) is 15.2. The van der Waals surface area contributed by atoms with Crippen LogP contribution in [0, 0.1) is 24.0 Å². The molecule has 1 aromatic heterocycles. The van der Waals surface area contributed by atoms with Gasteiger partial charge >= 0.3 is 6.03 Å². The molecule has 0 spiro atoms. The molecule has 2 heterocycles. The van der Waals surface area contributed by atoms with E-state index in [-0.39, 0.29) is 17.8 Å². The highest BCUT2D eigenvalue weighted by Crippen LogP contribution is 2.26. The lowest BCUT2D eigenvalue weighted by Crippen LogP contribution is -2.53. The third-order valence-electron chi connectivity index (χ3n) is 5.44. The Morgan fingerprint density at radius 3 is 2.42 bits per heavy atom. The lowest BCUT2D eigenvalue weighted by atomic mass is 10.1. The number of nitrogens with zero attached hydrogens (tertiary/aromatic N) is 3. The summed E-state index contributed by atoms with van der Waals surface area (Å²) >= 11 is 0. The highest BCUT2D eigenvalue weighted by Gasteiger charge is 2.36. The van der Waals surface area contributed by atoms with Crippen molar-refractivity contribution in [3.8, 4) is 5.69 Å². The van der Waals surface area contributed by atoms with Gasteiger partial charge in [0.2, 0.25) is 0 Å². The summed E-state index contributed by atoms with van der Waals surface area (Å²) in [5.41, 5.74) is 3.17. The van der Waals surface area contributed by atoms with E-state index in [1.807, 2.05) is 13.0 Å². The zero-order valence-corrected chi connectivity index (χ0v) is 17.9. The van der Waals surface area contributed by atoms with Crippen LogP contribution in [0.3, 0.4) is 0 Å². The van der Waals surface area contributed by atoms with Gasteiger partial charge in [0.25, 0.3) is 17.5 Å². The maximum Gasteiger partial charge on any atom is 0.331 e. The van der Waals surface area contributed by atoms with Crippen LogP contribution in [0.25, 0.3) is 11.8 Å². The molecule has 0 radical (unpaired) electrons. The molecular weight excluding hydrogens is 424 g/mol. The molecule has 1 aliphatic rings. The minimum atomic E-state index is -0.770. The van der Waals surface area contributed by atoms with E-state index < -0.39 is 22.8 Å². The lowest BCUT2D eigenvalue weighted by molar-refractivity contribution is -0.384. The lowest BCUT2D eigenvalue weighted by Gasteiger charge is -2.26. The Bertz CT molecular complexity index is 1320. The molecule has 1 saturated heterocycles. The Kier molecular flexibility index (Phi) is 5.61. The second-order valence-corrected chi connectivity index (χ2v) is 7.63. The van der Waals surface area contributed by atoms with E-state index in [1.165, 1.54) is 18.2 Å². The van der Waals surface area contributed by atoms with Crippen molar-refractivity contribution in [3.05, 3.63) is 98.9 Å². The molecule has 4 amide bonds. The number of urea groups is 1. The molecule has 0 atom stereocenters. The van der Waals surface area contributed by atoms with Crippen molar-refractivity contribution in [2.45, 2.75) is 20.4 Å². The van der Waals surface area contributed by atoms with Crippen LogP contribution < -0.4 is 5.32 Å². The van der Waals surface area contributed by atoms with Gasteiger partial charge in [0.15, 0.2) is 0 Å². The van der Waals surface area contributed by atoms with Crippen LogP contribution in [0.2, 0.25) is 0 Å². The van der Waals surface area contributed by atoms with Crippen LogP contribution in [0.5, 0.6) is 0 Å². The number of hydrogen-bond acceptors (Lipinski definition) is 5. The minimum absolute atomic E-state index is 0.0306. The van der Waals surface area contributed by atoms with E-state index in [0.29, 0.717) is 16.9 Å². The van der Waals surface area contributed by atoms with Gasteiger partial charge in [0.1, 0.15) is 5.57 Å². The number of nitro groups is 1. The molecule has 9 heteroatoms. The van der Waals surface area contributed by atoms with Crippen molar-refractivity contribution < 1.29 is 19.3 Å². The predicted octanol–water partition coefficient (Wildman–Crippen LogP) is 3.66. The fraction of sp³-hybridized carbons (Fsp3) is 0.125. The molecule has 0 aliphatic carbocycles. The van der Waals surface area contributed by atoms with Gasteiger partial charge in [0.05, 0.1) is 17.2 Å². The van der Waals surface area contributed by atoms with Gasteiger partial charge in [-0.3, -0.25) is 29.9 Å². The summed E-state index contributed by atoms with van der Waals surface area (Å²) in [6.45, 7) is 3.64. The fourth-order valence-electron chi connectivity index (χ4n) is 3.84. The number of nitro benzene ring substituents is 1. The van der Waals surface area contributed by atoms with Gasteiger partial charge < -0.3 is 4.57 Å². The quantitative estimate of drug-likeness (QED) is 0.279. The SMILES string of the molecule is Cc1cc(/C=C2\C(=O)NC(=O)N(Cc3ccccc3)C2=O)c(C)n1-c1cccc([N+](=O)[O-])c1. The largest absolute Gasteiger partial charge is 0.331 e. The van der Waals surface area contributed by atoms with E-state index in [0.717, 1.165) is 16.2 Å². The molecule has 1 N–H and O–H groups in total. The summed E-state index contributed by atoms with van der Waals surface area (Å²) < 4.78 is 1.80. The van der Waals surface area contributed by atoms with Gasteiger partial charge in [0, 0.05) is 23.5 Å². The maximum atomic E-state index is 13.0. The Balaban J connectivity index is 1.71. The van der Waals surface area contributed by atoms with Crippen LogP contribution in [0.1, 0.15) is 22.5 Å². The molecule has 9 nitrogen and oxygen atoms in total. The van der Waals surface area contributed by atoms with Crippen molar-refractivity contribution in [1.82, 2.24) is 14.8 Å². The van der Waals surface area contributed by atoms with Crippen molar-refractivity contribution in [2.24, 2.45) is 0 Å². The number of amides is 4. The molecule has 0 bridgehead atoms. The second-order valence-electron chi connectivity index (χ2n) is 7.63. The summed E-state index contributed by atoms with van der Waals surface area (Å²) in [7, 11) is 0. The van der Waals surface area contributed by atoms with Crippen molar-refractivity contribution in [2.75, 3.05) is 0 Å². The molecule has 1 fully saturated rings. The summed E-state index contributed by atoms with van der Waals surface area (Å²) in [4.78, 5) is 49.5. The zero-order valence-electron chi connectivity index (χ0n) is 17.9. The van der Waals surface area contributed by atoms with Crippen LogP contribution in [0.15, 0.2) is 66.2 Å². The number of non-ortho nitro benzene ring substituents is 1. The number of benzene rings is 2. The Hall–Kier alpha value is -4.53. The van der Waals surface area contributed by atoms with Crippen LogP contribution in [-0.4, -0.2) is 32.2 Å². The van der Waals surface area contributed by atoms with Gasteiger partial charge in [-0.25, -0.2) is 4.79 Å².